The molecule has 4 rings (SSSR count). The molecular weight excluding hydrogens is 345 g/mol. The van der Waals surface area contributed by atoms with Crippen LogP contribution in [0.5, 0.6) is 5.75 Å². The van der Waals surface area contributed by atoms with Gasteiger partial charge in [-0.25, -0.2) is 9.37 Å². The van der Waals surface area contributed by atoms with E-state index in [2.05, 4.69) is 19.9 Å². The van der Waals surface area contributed by atoms with Crippen molar-refractivity contribution in [2.45, 2.75) is 0 Å². The lowest BCUT2D eigenvalue weighted by Crippen LogP contribution is -2.46. The molecule has 0 N–H and O–H groups in total. The van der Waals surface area contributed by atoms with Crippen LogP contribution in [0.25, 0.3) is 4.96 Å². The van der Waals surface area contributed by atoms with Gasteiger partial charge in [-0.3, -0.25) is 4.79 Å². The lowest BCUT2D eigenvalue weighted by Gasteiger charge is -2.36. The van der Waals surface area contributed by atoms with Crippen molar-refractivity contribution in [3.05, 3.63) is 46.6 Å². The number of hydrogen-bond donors (Lipinski definition) is 0. The molecule has 1 aliphatic rings. The van der Waals surface area contributed by atoms with Crippen LogP contribution in [0, 0.1) is 5.82 Å². The van der Waals surface area contributed by atoms with E-state index in [9.17, 15) is 9.18 Å². The number of benzene rings is 1. The van der Waals surface area contributed by atoms with Gasteiger partial charge in [-0.15, -0.1) is 5.10 Å². The maximum Gasteiger partial charge on any atom is 0.275 e. The lowest BCUT2D eigenvalue weighted by molar-refractivity contribution is 0.410. The van der Waals surface area contributed by atoms with Crippen LogP contribution in [-0.2, 0) is 0 Å². The van der Waals surface area contributed by atoms with Crippen LogP contribution in [0.3, 0.4) is 0 Å². The van der Waals surface area contributed by atoms with E-state index in [4.69, 9.17) is 4.74 Å². The molecule has 0 amide bonds. The van der Waals surface area contributed by atoms with Crippen molar-refractivity contribution < 1.29 is 9.13 Å². The lowest BCUT2D eigenvalue weighted by atomic mass is 10.2. The van der Waals surface area contributed by atoms with Gasteiger partial charge in [-0.05, 0) is 12.1 Å². The first-order valence-corrected chi connectivity index (χ1v) is 8.66. The first-order valence-electron chi connectivity index (χ1n) is 7.84. The maximum absolute atomic E-state index is 13.4. The zero-order valence-electron chi connectivity index (χ0n) is 13.6. The van der Waals surface area contributed by atoms with Crippen LogP contribution >= 0.6 is 11.3 Å². The van der Waals surface area contributed by atoms with E-state index in [1.54, 1.807) is 13.2 Å². The van der Waals surface area contributed by atoms with Crippen molar-refractivity contribution in [3.8, 4) is 5.75 Å². The number of rotatable bonds is 3. The SMILES string of the molecule is COc1cc(F)ccc1N1CCN(c2nn3c(=O)ccnc3s2)CC1. The van der Waals surface area contributed by atoms with Crippen molar-refractivity contribution in [1.29, 1.82) is 0 Å². The number of halogens is 1. The number of anilines is 2. The second kappa shape index (κ2) is 6.32. The van der Waals surface area contributed by atoms with Gasteiger partial charge in [0.15, 0.2) is 0 Å². The summed E-state index contributed by atoms with van der Waals surface area (Å²) >= 11 is 1.40. The largest absolute Gasteiger partial charge is 0.494 e. The topological polar surface area (TPSA) is 63.0 Å². The Labute approximate surface area is 146 Å². The Kier molecular flexibility index (Phi) is 4.00. The summed E-state index contributed by atoms with van der Waals surface area (Å²) in [5, 5.41) is 5.15. The van der Waals surface area contributed by atoms with E-state index in [1.165, 1.54) is 40.2 Å². The highest BCUT2D eigenvalue weighted by Gasteiger charge is 2.22. The number of piperazine rings is 1. The summed E-state index contributed by atoms with van der Waals surface area (Å²) < 4.78 is 20.0. The first-order chi connectivity index (χ1) is 12.2. The van der Waals surface area contributed by atoms with Crippen molar-refractivity contribution in [1.82, 2.24) is 14.6 Å². The van der Waals surface area contributed by atoms with Crippen LogP contribution in [0.1, 0.15) is 0 Å². The summed E-state index contributed by atoms with van der Waals surface area (Å²) in [6, 6.07) is 5.98. The zero-order chi connectivity index (χ0) is 17.4. The molecule has 0 unspecified atom stereocenters. The van der Waals surface area contributed by atoms with E-state index >= 15 is 0 Å². The normalized spacial score (nSPS) is 15.0. The summed E-state index contributed by atoms with van der Waals surface area (Å²) in [5.74, 6) is 0.218. The van der Waals surface area contributed by atoms with Crippen LogP contribution in [-0.4, -0.2) is 47.9 Å². The average molecular weight is 361 g/mol. The molecule has 0 saturated carbocycles. The highest BCUT2D eigenvalue weighted by Crippen LogP contribution is 2.31. The second-order valence-corrected chi connectivity index (χ2v) is 6.59. The third-order valence-corrected chi connectivity index (χ3v) is 5.18. The first kappa shape index (κ1) is 15.8. The molecule has 25 heavy (non-hydrogen) atoms. The number of methoxy groups -OCH3 is 1. The van der Waals surface area contributed by atoms with Crippen molar-refractivity contribution in [3.63, 3.8) is 0 Å². The Morgan fingerprint density at radius 3 is 2.64 bits per heavy atom. The number of aromatic nitrogens is 3. The van der Waals surface area contributed by atoms with Gasteiger partial charge in [0.25, 0.3) is 5.56 Å². The molecule has 0 spiro atoms. The Hall–Kier alpha value is -2.68. The fourth-order valence-electron chi connectivity index (χ4n) is 2.91. The van der Waals surface area contributed by atoms with E-state index in [-0.39, 0.29) is 11.4 Å². The summed E-state index contributed by atoms with van der Waals surface area (Å²) in [7, 11) is 1.54. The van der Waals surface area contributed by atoms with E-state index in [1.807, 2.05) is 0 Å². The predicted molar refractivity (Wildman–Crippen MR) is 94.5 cm³/mol. The molecule has 1 aromatic carbocycles. The predicted octanol–water partition coefficient (Wildman–Crippen LogP) is 1.63. The molecular formula is C16H16FN5O2S. The van der Waals surface area contributed by atoms with Crippen LogP contribution in [0.2, 0.25) is 0 Å². The molecule has 130 valence electrons. The van der Waals surface area contributed by atoms with Crippen LogP contribution in [0.4, 0.5) is 15.2 Å². The summed E-state index contributed by atoms with van der Waals surface area (Å²) in [4.78, 5) is 20.9. The minimum Gasteiger partial charge on any atom is -0.494 e. The molecule has 3 aromatic rings. The quantitative estimate of drug-likeness (QED) is 0.707. The van der Waals surface area contributed by atoms with E-state index in [0.29, 0.717) is 10.7 Å². The Balaban J connectivity index is 1.53. The number of fused-ring (bicyclic) bond motifs is 1. The molecule has 7 nitrogen and oxygen atoms in total. The van der Waals surface area contributed by atoms with Gasteiger partial charge in [0.2, 0.25) is 10.1 Å². The third kappa shape index (κ3) is 2.91. The second-order valence-electron chi connectivity index (χ2n) is 5.65. The Morgan fingerprint density at radius 1 is 1.16 bits per heavy atom. The van der Waals surface area contributed by atoms with Gasteiger partial charge >= 0.3 is 0 Å². The third-order valence-electron chi connectivity index (χ3n) is 4.19. The van der Waals surface area contributed by atoms with Crippen LogP contribution in [0.15, 0.2) is 35.3 Å². The van der Waals surface area contributed by atoms with Gasteiger partial charge in [-0.1, -0.05) is 11.3 Å². The molecule has 0 radical (unpaired) electrons. The Morgan fingerprint density at radius 2 is 1.92 bits per heavy atom. The fraction of sp³-hybridized carbons (Fsp3) is 0.312. The molecule has 0 atom stereocenters. The minimum absolute atomic E-state index is 0.179. The minimum atomic E-state index is -0.313. The maximum atomic E-state index is 13.4. The fourth-order valence-corrected chi connectivity index (χ4v) is 3.84. The van der Waals surface area contributed by atoms with Gasteiger partial charge in [0, 0.05) is 44.5 Å². The molecule has 2 aromatic heterocycles. The number of hydrogen-bond acceptors (Lipinski definition) is 7. The number of ether oxygens (including phenoxy) is 1. The van der Waals surface area contributed by atoms with Gasteiger partial charge in [0.05, 0.1) is 12.8 Å². The molecule has 1 saturated heterocycles. The van der Waals surface area contributed by atoms with Gasteiger partial charge in [-0.2, -0.15) is 4.52 Å². The Bertz CT molecular complexity index is 965. The molecule has 0 aliphatic carbocycles. The van der Waals surface area contributed by atoms with Crippen molar-refractivity contribution >= 4 is 27.1 Å². The zero-order valence-corrected chi connectivity index (χ0v) is 14.4. The summed E-state index contributed by atoms with van der Waals surface area (Å²) in [5.41, 5.74) is 0.702. The monoisotopic (exact) mass is 361 g/mol. The van der Waals surface area contributed by atoms with Crippen molar-refractivity contribution in [2.24, 2.45) is 0 Å². The summed E-state index contributed by atoms with van der Waals surface area (Å²) in [6.07, 6.45) is 1.50. The molecule has 1 fully saturated rings. The van der Waals surface area contributed by atoms with Gasteiger partial charge < -0.3 is 14.5 Å². The summed E-state index contributed by atoms with van der Waals surface area (Å²) in [6.45, 7) is 2.99. The highest BCUT2D eigenvalue weighted by molar-refractivity contribution is 7.20. The van der Waals surface area contributed by atoms with E-state index < -0.39 is 0 Å². The van der Waals surface area contributed by atoms with Gasteiger partial charge in [0.1, 0.15) is 11.6 Å². The smallest absolute Gasteiger partial charge is 0.275 e. The van der Waals surface area contributed by atoms with Crippen LogP contribution < -0.4 is 20.1 Å². The van der Waals surface area contributed by atoms with Crippen molar-refractivity contribution in [2.75, 3.05) is 43.1 Å². The average Bonchev–Trinajstić information content (AvgIpc) is 3.07. The van der Waals surface area contributed by atoms with E-state index in [0.717, 1.165) is 37.0 Å². The standard InChI is InChI=1S/C16H16FN5O2S/c1-24-13-10-11(17)2-3-12(13)20-6-8-21(9-7-20)16-19-22-14(23)4-5-18-15(22)25-16/h2-5,10H,6-9H2,1H3. The highest BCUT2D eigenvalue weighted by atomic mass is 32.1. The molecule has 3 heterocycles. The molecule has 9 heteroatoms. The number of nitrogens with zero attached hydrogens (tertiary/aromatic N) is 5. The molecule has 0 bridgehead atoms. The molecule has 1 aliphatic heterocycles.